The van der Waals surface area contributed by atoms with Crippen molar-refractivity contribution in [3.05, 3.63) is 90.5 Å². The summed E-state index contributed by atoms with van der Waals surface area (Å²) in [6.45, 7) is 3.11. The van der Waals surface area contributed by atoms with Gasteiger partial charge in [0.15, 0.2) is 0 Å². The normalized spacial score (nSPS) is 17.6. The van der Waals surface area contributed by atoms with Crippen LogP contribution in [-0.4, -0.2) is 62.4 Å². The Morgan fingerprint density at radius 3 is 2.46 bits per heavy atom. The number of hydrogen-bond donors (Lipinski definition) is 2. The van der Waals surface area contributed by atoms with Gasteiger partial charge in [-0.05, 0) is 29.8 Å². The Hall–Kier alpha value is -3.94. The van der Waals surface area contributed by atoms with Crippen LogP contribution < -0.4 is 15.4 Å². The van der Waals surface area contributed by atoms with Crippen molar-refractivity contribution in [2.75, 3.05) is 45.8 Å². The molecular weight excluding hydrogens is 464 g/mol. The van der Waals surface area contributed by atoms with Gasteiger partial charge in [-0.1, -0.05) is 60.7 Å². The third-order valence-electron chi connectivity index (χ3n) is 6.87. The molecule has 2 N–H and O–H groups in total. The van der Waals surface area contributed by atoms with Crippen LogP contribution in [0.3, 0.4) is 0 Å². The first-order chi connectivity index (χ1) is 18.1. The van der Waals surface area contributed by atoms with Crippen molar-refractivity contribution in [2.45, 2.75) is 12.0 Å². The standard InChI is InChI=1S/C30H32N4O3/c1-36-16-15-34-19-25(21-9-5-3-6-10-21)28(20-34)33-30(35)32-27-18-23-17-24(37-2)13-14-26(23)31-29(27)22-11-7-4-8-12-22/h3-14,17-18,25,28H,15-16,19-20H2,1-2H3,(H2,32,33,35)/t25-,28+/m0/s1. The number of benzene rings is 3. The Morgan fingerprint density at radius 1 is 0.973 bits per heavy atom. The topological polar surface area (TPSA) is 75.7 Å². The zero-order chi connectivity index (χ0) is 25.6. The molecule has 1 aromatic heterocycles. The van der Waals surface area contributed by atoms with Crippen LogP contribution in [0.5, 0.6) is 5.75 Å². The SMILES string of the molecule is COCCN1C[C@@H](NC(=O)Nc2cc3cc(OC)ccc3nc2-c2ccccc2)[C@H](c2ccccc2)C1. The molecule has 1 fully saturated rings. The van der Waals surface area contributed by atoms with Crippen molar-refractivity contribution >= 4 is 22.6 Å². The lowest BCUT2D eigenvalue weighted by Gasteiger charge is -2.21. The highest BCUT2D eigenvalue weighted by Gasteiger charge is 2.34. The highest BCUT2D eigenvalue weighted by atomic mass is 16.5. The fourth-order valence-corrected chi connectivity index (χ4v) is 4.99. The highest BCUT2D eigenvalue weighted by molar-refractivity contribution is 5.98. The van der Waals surface area contributed by atoms with E-state index >= 15 is 0 Å². The van der Waals surface area contributed by atoms with Crippen LogP contribution in [0.25, 0.3) is 22.2 Å². The van der Waals surface area contributed by atoms with E-state index in [4.69, 9.17) is 14.5 Å². The largest absolute Gasteiger partial charge is 0.497 e. The highest BCUT2D eigenvalue weighted by Crippen LogP contribution is 2.32. The number of carbonyl (C=O) groups excluding carboxylic acids is 1. The molecule has 0 unspecified atom stereocenters. The molecule has 7 heteroatoms. The fraction of sp³-hybridized carbons (Fsp3) is 0.267. The van der Waals surface area contributed by atoms with Gasteiger partial charge in [-0.15, -0.1) is 0 Å². The van der Waals surface area contributed by atoms with Crippen LogP contribution >= 0.6 is 0 Å². The van der Waals surface area contributed by atoms with Gasteiger partial charge in [-0.25, -0.2) is 9.78 Å². The van der Waals surface area contributed by atoms with Crippen LogP contribution in [0, 0.1) is 0 Å². The van der Waals surface area contributed by atoms with E-state index in [-0.39, 0.29) is 18.0 Å². The fourth-order valence-electron chi connectivity index (χ4n) is 4.99. The quantitative estimate of drug-likeness (QED) is 0.353. The second-order valence-corrected chi connectivity index (χ2v) is 9.28. The average Bonchev–Trinajstić information content (AvgIpc) is 3.34. The van der Waals surface area contributed by atoms with Crippen molar-refractivity contribution in [3.63, 3.8) is 0 Å². The molecule has 0 saturated carbocycles. The molecule has 1 aliphatic heterocycles. The molecule has 0 radical (unpaired) electrons. The molecule has 7 nitrogen and oxygen atoms in total. The number of carbonyl (C=O) groups is 1. The van der Waals surface area contributed by atoms with E-state index in [1.54, 1.807) is 14.2 Å². The first-order valence-electron chi connectivity index (χ1n) is 12.5. The smallest absolute Gasteiger partial charge is 0.319 e. The first kappa shape index (κ1) is 24.7. The van der Waals surface area contributed by atoms with Crippen LogP contribution in [0.4, 0.5) is 10.5 Å². The van der Waals surface area contributed by atoms with Crippen LogP contribution in [-0.2, 0) is 4.74 Å². The number of fused-ring (bicyclic) bond motifs is 1. The number of ether oxygens (including phenoxy) is 2. The van der Waals surface area contributed by atoms with Gasteiger partial charge in [-0.3, -0.25) is 4.90 Å². The number of aromatic nitrogens is 1. The third kappa shape index (κ3) is 5.74. The summed E-state index contributed by atoms with van der Waals surface area (Å²) >= 11 is 0. The Morgan fingerprint density at radius 2 is 1.73 bits per heavy atom. The summed E-state index contributed by atoms with van der Waals surface area (Å²) in [5.74, 6) is 0.932. The van der Waals surface area contributed by atoms with E-state index in [2.05, 4.69) is 27.7 Å². The molecular formula is C30H32N4O3. The zero-order valence-corrected chi connectivity index (χ0v) is 21.2. The lowest BCUT2D eigenvalue weighted by Crippen LogP contribution is -2.42. The minimum Gasteiger partial charge on any atom is -0.497 e. The van der Waals surface area contributed by atoms with E-state index in [1.165, 1.54) is 5.56 Å². The maximum Gasteiger partial charge on any atom is 0.319 e. The number of urea groups is 1. The van der Waals surface area contributed by atoms with E-state index in [9.17, 15) is 4.79 Å². The van der Waals surface area contributed by atoms with E-state index in [1.807, 2.05) is 72.8 Å². The molecule has 2 atom stereocenters. The summed E-state index contributed by atoms with van der Waals surface area (Å²) in [4.78, 5) is 20.6. The lowest BCUT2D eigenvalue weighted by atomic mass is 9.94. The molecule has 3 aromatic carbocycles. The number of hydrogen-bond acceptors (Lipinski definition) is 5. The molecule has 2 amide bonds. The molecule has 4 aromatic rings. The lowest BCUT2D eigenvalue weighted by molar-refractivity contribution is 0.159. The monoisotopic (exact) mass is 496 g/mol. The number of amides is 2. The molecule has 1 aliphatic rings. The summed E-state index contributed by atoms with van der Waals surface area (Å²) in [7, 11) is 3.35. The second kappa shape index (κ2) is 11.4. The van der Waals surface area contributed by atoms with Gasteiger partial charge >= 0.3 is 6.03 Å². The summed E-state index contributed by atoms with van der Waals surface area (Å²) in [5.41, 5.74) is 4.36. The van der Waals surface area contributed by atoms with Crippen LogP contribution in [0.15, 0.2) is 84.9 Å². The van der Waals surface area contributed by atoms with Crippen molar-refractivity contribution < 1.29 is 14.3 Å². The molecule has 190 valence electrons. The van der Waals surface area contributed by atoms with Crippen molar-refractivity contribution in [1.82, 2.24) is 15.2 Å². The maximum absolute atomic E-state index is 13.4. The van der Waals surface area contributed by atoms with Crippen molar-refractivity contribution in [3.8, 4) is 17.0 Å². The molecule has 2 heterocycles. The number of nitrogens with zero attached hydrogens (tertiary/aromatic N) is 2. The summed E-state index contributed by atoms with van der Waals surface area (Å²) in [6, 6.07) is 27.7. The zero-order valence-electron chi connectivity index (χ0n) is 21.2. The molecule has 0 bridgehead atoms. The van der Waals surface area contributed by atoms with Crippen molar-refractivity contribution in [1.29, 1.82) is 0 Å². The third-order valence-corrected chi connectivity index (χ3v) is 6.87. The Kier molecular flexibility index (Phi) is 7.63. The minimum atomic E-state index is -0.249. The number of anilines is 1. The number of likely N-dealkylation sites (tertiary alicyclic amines) is 1. The number of nitrogens with one attached hydrogen (secondary N) is 2. The van der Waals surface area contributed by atoms with E-state index in [0.717, 1.165) is 47.5 Å². The number of rotatable bonds is 8. The number of methoxy groups -OCH3 is 2. The predicted molar refractivity (Wildman–Crippen MR) is 147 cm³/mol. The Bertz CT molecular complexity index is 1350. The summed E-state index contributed by atoms with van der Waals surface area (Å²) in [6.07, 6.45) is 0. The van der Waals surface area contributed by atoms with E-state index in [0.29, 0.717) is 12.3 Å². The molecule has 1 saturated heterocycles. The van der Waals surface area contributed by atoms with Gasteiger partial charge in [-0.2, -0.15) is 0 Å². The Labute approximate surface area is 217 Å². The van der Waals surface area contributed by atoms with Crippen molar-refractivity contribution in [2.24, 2.45) is 0 Å². The van der Waals surface area contributed by atoms with Gasteiger partial charge in [0.05, 0.1) is 36.7 Å². The number of pyridine rings is 1. The summed E-state index contributed by atoms with van der Waals surface area (Å²) < 4.78 is 10.7. The van der Waals surface area contributed by atoms with Crippen LogP contribution in [0.2, 0.25) is 0 Å². The van der Waals surface area contributed by atoms with E-state index < -0.39 is 0 Å². The molecule has 5 rings (SSSR count). The minimum absolute atomic E-state index is 0.0343. The van der Waals surface area contributed by atoms with Crippen LogP contribution in [0.1, 0.15) is 11.5 Å². The van der Waals surface area contributed by atoms with Gasteiger partial charge in [0, 0.05) is 43.6 Å². The van der Waals surface area contributed by atoms with Gasteiger partial charge in [0.1, 0.15) is 5.75 Å². The molecule has 0 spiro atoms. The van der Waals surface area contributed by atoms with Gasteiger partial charge in [0.2, 0.25) is 0 Å². The first-order valence-corrected chi connectivity index (χ1v) is 12.5. The van der Waals surface area contributed by atoms with Gasteiger partial charge < -0.3 is 20.1 Å². The molecule has 37 heavy (non-hydrogen) atoms. The second-order valence-electron chi connectivity index (χ2n) is 9.28. The maximum atomic E-state index is 13.4. The molecule has 0 aliphatic carbocycles. The Balaban J connectivity index is 1.42. The summed E-state index contributed by atoms with van der Waals surface area (Å²) in [5, 5.41) is 7.24. The predicted octanol–water partition coefficient (Wildman–Crippen LogP) is 5.15. The average molecular weight is 497 g/mol. The van der Waals surface area contributed by atoms with Gasteiger partial charge in [0.25, 0.3) is 0 Å².